The molecule has 0 spiro atoms. The van der Waals surface area contributed by atoms with Gasteiger partial charge >= 0.3 is 30.8 Å². The fourth-order valence-corrected chi connectivity index (χ4v) is 8.22. The van der Waals surface area contributed by atoms with Crippen molar-refractivity contribution >= 4 is 45.6 Å². The van der Waals surface area contributed by atoms with E-state index in [4.69, 9.17) is 16.2 Å². The van der Waals surface area contributed by atoms with Gasteiger partial charge in [-0.3, -0.25) is 0 Å². The van der Waals surface area contributed by atoms with Crippen molar-refractivity contribution in [2.45, 2.75) is 52.4 Å². The monoisotopic (exact) mass is 838 g/mol. The average Bonchev–Trinajstić information content (AvgIpc) is 3.92. The molecule has 63 heavy (non-hydrogen) atoms. The number of rotatable bonds is 10. The van der Waals surface area contributed by atoms with Gasteiger partial charge in [0, 0.05) is 69.9 Å². The van der Waals surface area contributed by atoms with E-state index in [1.54, 1.807) is 43.0 Å². The van der Waals surface area contributed by atoms with E-state index in [9.17, 15) is 14.7 Å². The molecule has 0 saturated heterocycles. The zero-order valence-electron chi connectivity index (χ0n) is 36.8. The molecule has 0 amide bonds. The van der Waals surface area contributed by atoms with Crippen LogP contribution in [-0.2, 0) is 15.6 Å². The number of carbonyl (C=O) groups is 2. The van der Waals surface area contributed by atoms with Gasteiger partial charge in [0.25, 0.3) is 0 Å². The van der Waals surface area contributed by atoms with Crippen LogP contribution in [0.1, 0.15) is 84.5 Å². The van der Waals surface area contributed by atoms with Crippen molar-refractivity contribution in [1.29, 1.82) is 0 Å². The number of hydrogen-bond acceptors (Lipinski definition) is 10. The molecule has 0 aliphatic carbocycles. The van der Waals surface area contributed by atoms with Crippen LogP contribution in [0.25, 0.3) is 44.1 Å². The van der Waals surface area contributed by atoms with Gasteiger partial charge in [-0.25, -0.2) is 29.5 Å². The molecule has 2 unspecified atom stereocenters. The van der Waals surface area contributed by atoms with Crippen molar-refractivity contribution < 1.29 is 43.8 Å². The number of esters is 1. The molecule has 13 nitrogen and oxygen atoms in total. The Labute approximate surface area is 378 Å². The molecule has 8 aromatic rings. The van der Waals surface area contributed by atoms with E-state index in [-0.39, 0.29) is 64.5 Å². The van der Waals surface area contributed by atoms with E-state index in [0.29, 0.717) is 17.0 Å². The summed E-state index contributed by atoms with van der Waals surface area (Å²) < 4.78 is 4.96. The molecule has 318 valence electrons. The second-order valence-corrected chi connectivity index (χ2v) is 16.2. The van der Waals surface area contributed by atoms with Crippen molar-refractivity contribution in [3.05, 3.63) is 155 Å². The number of nitrogens with zero attached hydrogens (tertiary/aromatic N) is 4. The van der Waals surface area contributed by atoms with Crippen molar-refractivity contribution in [3.8, 4) is 22.3 Å². The molecule has 8 rings (SSSR count). The largest absolute Gasteiger partial charge is 1.00 e. The van der Waals surface area contributed by atoms with E-state index < -0.39 is 5.97 Å². The maximum Gasteiger partial charge on any atom is 1.00 e. The normalized spacial score (nSPS) is 13.0. The second kappa shape index (κ2) is 19.1. The number of carboxylic acids is 1. The van der Waals surface area contributed by atoms with Crippen LogP contribution in [0.15, 0.2) is 122 Å². The fourth-order valence-electron chi connectivity index (χ4n) is 8.22. The van der Waals surface area contributed by atoms with Crippen LogP contribution in [0.2, 0.25) is 0 Å². The Bertz CT molecular complexity index is 2840. The Morgan fingerprint density at radius 3 is 1.32 bits per heavy atom. The van der Waals surface area contributed by atoms with E-state index in [1.165, 1.54) is 12.7 Å². The van der Waals surface area contributed by atoms with Gasteiger partial charge in [0.15, 0.2) is 0 Å². The van der Waals surface area contributed by atoms with Gasteiger partial charge in [-0.1, -0.05) is 114 Å². The van der Waals surface area contributed by atoms with Gasteiger partial charge in [0.1, 0.15) is 0 Å². The first-order valence-corrected chi connectivity index (χ1v) is 20.1. The fraction of sp³-hybridized carbons (Fsp3) is 0.224. The SMILES string of the molecule is CC(C)C(C)(c1ccc(-c2cnc(N)nc2)cc1)c1c[nH]c2c(C(=O)O)cccc12.COC(=O)c1cccc2c(C(C)(c3ccc(-c4cnc(N)nc4)cc3)C(C)C)c[nH]c12.[Li+].[OH-]. The first kappa shape index (κ1) is 47.3. The number of nitrogen functional groups attached to an aromatic ring is 2. The van der Waals surface area contributed by atoms with E-state index in [0.717, 1.165) is 55.2 Å². The van der Waals surface area contributed by atoms with Crippen LogP contribution in [0.4, 0.5) is 11.9 Å². The number of benzene rings is 4. The number of anilines is 2. The molecule has 4 heterocycles. The molecule has 0 bridgehead atoms. The zero-order chi connectivity index (χ0) is 43.6. The number of aromatic amines is 2. The van der Waals surface area contributed by atoms with Crippen molar-refractivity contribution in [2.75, 3.05) is 18.6 Å². The number of fused-ring (bicyclic) bond motifs is 2. The number of methoxy groups -OCH3 is 1. The maximum atomic E-state index is 12.2. The summed E-state index contributed by atoms with van der Waals surface area (Å²) in [6.07, 6.45) is 10.8. The van der Waals surface area contributed by atoms with Gasteiger partial charge in [0.05, 0.1) is 29.3 Å². The van der Waals surface area contributed by atoms with Crippen molar-refractivity contribution in [1.82, 2.24) is 29.9 Å². The third kappa shape index (κ3) is 8.81. The van der Waals surface area contributed by atoms with E-state index >= 15 is 0 Å². The van der Waals surface area contributed by atoms with Crippen molar-refractivity contribution in [3.63, 3.8) is 0 Å². The Balaban J connectivity index is 0.000000230. The topological polar surface area (TPSA) is 229 Å². The van der Waals surface area contributed by atoms with E-state index in [2.05, 4.69) is 120 Å². The third-order valence-corrected chi connectivity index (χ3v) is 12.5. The Morgan fingerprint density at radius 2 is 0.968 bits per heavy atom. The smallest absolute Gasteiger partial charge is 0.870 e. The minimum Gasteiger partial charge on any atom is -0.870 e. The summed E-state index contributed by atoms with van der Waals surface area (Å²) in [5.41, 5.74) is 21.3. The average molecular weight is 839 g/mol. The van der Waals surface area contributed by atoms with Crippen LogP contribution in [0.3, 0.4) is 0 Å². The number of aromatic nitrogens is 6. The number of ether oxygens (including phenoxy) is 1. The molecule has 14 heteroatoms. The molecular formula is C49H51LiN8O5. The third-order valence-electron chi connectivity index (χ3n) is 12.5. The molecule has 0 radical (unpaired) electrons. The number of para-hydroxylation sites is 2. The molecule has 0 saturated carbocycles. The summed E-state index contributed by atoms with van der Waals surface area (Å²) in [5.74, 6) is -0.188. The maximum absolute atomic E-state index is 12.2. The molecule has 4 aromatic carbocycles. The van der Waals surface area contributed by atoms with E-state index in [1.807, 2.05) is 30.6 Å². The molecule has 4 aromatic heterocycles. The summed E-state index contributed by atoms with van der Waals surface area (Å²) in [5, 5.41) is 11.5. The molecular weight excluding hydrogens is 788 g/mol. The number of hydrogen-bond donors (Lipinski definition) is 5. The Kier molecular flexibility index (Phi) is 14.3. The van der Waals surface area contributed by atoms with Gasteiger partial charge in [-0.15, -0.1) is 0 Å². The first-order valence-electron chi connectivity index (χ1n) is 20.1. The summed E-state index contributed by atoms with van der Waals surface area (Å²) in [6, 6.07) is 27.9. The molecule has 0 aliphatic heterocycles. The van der Waals surface area contributed by atoms with Crippen LogP contribution < -0.4 is 30.3 Å². The summed E-state index contributed by atoms with van der Waals surface area (Å²) in [6.45, 7) is 13.2. The Morgan fingerprint density at radius 1 is 0.603 bits per heavy atom. The Hall–Kier alpha value is -6.78. The zero-order valence-corrected chi connectivity index (χ0v) is 36.8. The predicted molar refractivity (Wildman–Crippen MR) is 243 cm³/mol. The van der Waals surface area contributed by atoms with Crippen molar-refractivity contribution in [2.24, 2.45) is 11.8 Å². The van der Waals surface area contributed by atoms with Gasteiger partial charge in [-0.2, -0.15) is 0 Å². The van der Waals surface area contributed by atoms with Crippen LogP contribution >= 0.6 is 0 Å². The minimum absolute atomic E-state index is 0. The quantitative estimate of drug-likeness (QED) is 0.0723. The number of carbonyl (C=O) groups excluding carboxylic acids is 1. The summed E-state index contributed by atoms with van der Waals surface area (Å²) in [7, 11) is 1.40. The van der Waals surface area contributed by atoms with Crippen LogP contribution in [-0.4, -0.2) is 59.5 Å². The number of nitrogens with one attached hydrogen (secondary N) is 2. The second-order valence-electron chi connectivity index (χ2n) is 16.2. The number of aromatic carboxylic acids is 1. The number of H-pyrrole nitrogens is 2. The van der Waals surface area contributed by atoms with Gasteiger partial charge < -0.3 is 36.8 Å². The summed E-state index contributed by atoms with van der Waals surface area (Å²) in [4.78, 5) is 46.7. The molecule has 2 atom stereocenters. The summed E-state index contributed by atoms with van der Waals surface area (Å²) >= 11 is 0. The standard InChI is InChI=1S/C25H26N4O2.C24H24N4O2.Li.H2O/c1-15(2)25(3,18-10-8-16(9-11-18)17-12-28-24(26)29-13-17)21-14-27-22-19(21)6-5-7-20(22)23(30)31-4;1-14(2)24(3,20-13-26-21-18(20)5-4-6-19(21)22(29)30)17-9-7-15(8-10-17)16-11-27-23(25)28-12-16;;/h5-15,27H,1-4H3,(H2,26,28,29);4-14,26H,1-3H3,(H,29,30)(H2,25,27,28);;1H2/q;;+1;/p-1. The number of nitrogens with two attached hydrogens (primary N) is 2. The first-order chi connectivity index (χ1) is 29.2. The van der Waals surface area contributed by atoms with Crippen LogP contribution in [0, 0.1) is 11.8 Å². The minimum atomic E-state index is -0.935. The van der Waals surface area contributed by atoms with Gasteiger partial charge in [-0.05, 0) is 57.3 Å². The van der Waals surface area contributed by atoms with Crippen LogP contribution in [0.5, 0.6) is 0 Å². The number of carboxylic acid groups (broad SMARTS) is 1. The van der Waals surface area contributed by atoms with Gasteiger partial charge in [0.2, 0.25) is 11.9 Å². The molecule has 0 aliphatic rings. The predicted octanol–water partition coefficient (Wildman–Crippen LogP) is 6.65. The molecule has 0 fully saturated rings. The molecule has 8 N–H and O–H groups in total.